The summed E-state index contributed by atoms with van der Waals surface area (Å²) in [5.74, 6) is -1.49. The van der Waals surface area contributed by atoms with E-state index in [0.717, 1.165) is 16.7 Å². The van der Waals surface area contributed by atoms with Gasteiger partial charge >= 0.3 is 12.0 Å². The number of carboxylic acid groups (broad SMARTS) is 1. The molecule has 2 amide bonds. The first-order valence-electron chi connectivity index (χ1n) is 9.86. The van der Waals surface area contributed by atoms with Gasteiger partial charge in [0.1, 0.15) is 5.75 Å². The van der Waals surface area contributed by atoms with Crippen molar-refractivity contribution in [2.24, 2.45) is 7.05 Å². The molecule has 1 aromatic carbocycles. The summed E-state index contributed by atoms with van der Waals surface area (Å²) in [7, 11) is 1.48. The number of nitrogens with zero attached hydrogens (tertiary/aromatic N) is 1. The summed E-state index contributed by atoms with van der Waals surface area (Å²) in [4.78, 5) is 36.1. The Kier molecular flexibility index (Phi) is 8.17. The van der Waals surface area contributed by atoms with E-state index in [1.807, 2.05) is 25.1 Å². The molecule has 168 valence electrons. The molecule has 0 fully saturated rings. The number of carboxylic acids is 1. The van der Waals surface area contributed by atoms with Gasteiger partial charge in [0.15, 0.2) is 5.69 Å². The van der Waals surface area contributed by atoms with Crippen LogP contribution in [0.2, 0.25) is 0 Å². The zero-order valence-electron chi connectivity index (χ0n) is 18.1. The number of allylic oxidation sites excluding steroid dienone is 4. The van der Waals surface area contributed by atoms with Gasteiger partial charge < -0.3 is 25.4 Å². The lowest BCUT2D eigenvalue weighted by atomic mass is 9.95. The minimum absolute atomic E-state index is 0.295. The Morgan fingerprint density at radius 1 is 1.28 bits per heavy atom. The molecule has 8 nitrogen and oxygen atoms in total. The van der Waals surface area contributed by atoms with Gasteiger partial charge in [-0.2, -0.15) is 0 Å². The van der Waals surface area contributed by atoms with Gasteiger partial charge in [-0.05, 0) is 36.1 Å². The van der Waals surface area contributed by atoms with Gasteiger partial charge in [0.05, 0.1) is 12.5 Å². The monoisotopic (exact) mass is 437 g/mol. The summed E-state index contributed by atoms with van der Waals surface area (Å²) in [6, 6.07) is 6.80. The van der Waals surface area contributed by atoms with Crippen molar-refractivity contribution in [2.45, 2.75) is 25.8 Å². The Labute approximate surface area is 186 Å². The quantitative estimate of drug-likeness (QED) is 0.446. The molecule has 0 aliphatic carbocycles. The second-order valence-electron chi connectivity index (χ2n) is 7.37. The number of pyridine rings is 1. The number of carbonyl (C=O) groups excluding carboxylic acids is 1. The van der Waals surface area contributed by atoms with Gasteiger partial charge in [0, 0.05) is 13.2 Å². The third kappa shape index (κ3) is 6.46. The fourth-order valence-corrected chi connectivity index (χ4v) is 3.11. The van der Waals surface area contributed by atoms with Crippen LogP contribution in [-0.2, 0) is 18.3 Å². The van der Waals surface area contributed by atoms with Crippen molar-refractivity contribution in [3.05, 3.63) is 94.5 Å². The number of aromatic nitrogens is 1. The number of hydrogen-bond acceptors (Lipinski definition) is 4. The van der Waals surface area contributed by atoms with Crippen molar-refractivity contribution in [2.75, 3.05) is 5.32 Å². The molecule has 8 heteroatoms. The van der Waals surface area contributed by atoms with Crippen molar-refractivity contribution in [3.8, 4) is 5.75 Å². The van der Waals surface area contributed by atoms with Gasteiger partial charge in [0.25, 0.3) is 5.56 Å². The molecule has 0 spiro atoms. The number of urea groups is 1. The summed E-state index contributed by atoms with van der Waals surface area (Å²) in [5, 5.41) is 24.1. The Hall–Kier alpha value is -4.07. The Balaban J connectivity index is 2.28. The highest BCUT2D eigenvalue weighted by molar-refractivity contribution is 5.91. The van der Waals surface area contributed by atoms with Crippen molar-refractivity contribution in [1.29, 1.82) is 0 Å². The van der Waals surface area contributed by atoms with Crippen LogP contribution in [0.3, 0.4) is 0 Å². The van der Waals surface area contributed by atoms with E-state index < -0.39 is 23.6 Å². The van der Waals surface area contributed by atoms with E-state index in [0.29, 0.717) is 12.0 Å². The van der Waals surface area contributed by atoms with E-state index in [2.05, 4.69) is 23.8 Å². The number of aliphatic carboxylic acids is 1. The molecule has 1 unspecified atom stereocenters. The lowest BCUT2D eigenvalue weighted by Gasteiger charge is -2.19. The molecule has 2 aromatic rings. The van der Waals surface area contributed by atoms with Crippen LogP contribution in [0.25, 0.3) is 0 Å². The zero-order chi connectivity index (χ0) is 23.8. The number of aryl methyl sites for hydroxylation is 1. The van der Waals surface area contributed by atoms with Gasteiger partial charge in [-0.3, -0.25) is 9.59 Å². The number of aromatic hydroxyl groups is 1. The third-order valence-corrected chi connectivity index (χ3v) is 4.78. The SMILES string of the molecule is C=C/C=C(/Cc1cccc(C(CC(=O)O)NC(=O)Nc2c(O)ccn(C)c2=O)c1)C(=C)C. The average molecular weight is 437 g/mol. The van der Waals surface area contributed by atoms with E-state index >= 15 is 0 Å². The fourth-order valence-electron chi connectivity index (χ4n) is 3.11. The normalized spacial score (nSPS) is 12.0. The highest BCUT2D eigenvalue weighted by atomic mass is 16.4. The lowest BCUT2D eigenvalue weighted by Crippen LogP contribution is -2.36. The molecular formula is C24H27N3O5. The maximum absolute atomic E-state index is 12.5. The second kappa shape index (κ2) is 10.8. The van der Waals surface area contributed by atoms with Crippen molar-refractivity contribution in [1.82, 2.24) is 9.88 Å². The second-order valence-corrected chi connectivity index (χ2v) is 7.37. The number of benzene rings is 1. The largest absolute Gasteiger partial charge is 0.505 e. The zero-order valence-corrected chi connectivity index (χ0v) is 18.1. The van der Waals surface area contributed by atoms with Crippen molar-refractivity contribution < 1.29 is 19.8 Å². The van der Waals surface area contributed by atoms with Crippen LogP contribution in [-0.4, -0.2) is 26.8 Å². The molecule has 2 rings (SSSR count). The van der Waals surface area contributed by atoms with Gasteiger partial charge in [0.2, 0.25) is 0 Å². The molecule has 1 heterocycles. The molecule has 0 bridgehead atoms. The average Bonchev–Trinajstić information content (AvgIpc) is 2.73. The molecule has 0 aliphatic heterocycles. The number of anilines is 1. The van der Waals surface area contributed by atoms with E-state index in [9.17, 15) is 24.6 Å². The smallest absolute Gasteiger partial charge is 0.319 e. The minimum atomic E-state index is -1.10. The van der Waals surface area contributed by atoms with Crippen LogP contribution >= 0.6 is 0 Å². The topological polar surface area (TPSA) is 121 Å². The number of carbonyl (C=O) groups is 2. The maximum atomic E-state index is 12.5. The maximum Gasteiger partial charge on any atom is 0.319 e. The summed E-state index contributed by atoms with van der Waals surface area (Å²) in [5.41, 5.74) is 2.47. The third-order valence-electron chi connectivity index (χ3n) is 4.78. The Morgan fingerprint density at radius 2 is 2.00 bits per heavy atom. The van der Waals surface area contributed by atoms with E-state index in [4.69, 9.17) is 0 Å². The van der Waals surface area contributed by atoms with E-state index in [1.54, 1.807) is 18.2 Å². The van der Waals surface area contributed by atoms with Crippen molar-refractivity contribution >= 4 is 17.7 Å². The molecule has 0 radical (unpaired) electrons. The molecule has 0 aliphatic rings. The van der Waals surface area contributed by atoms with Gasteiger partial charge in [-0.25, -0.2) is 4.79 Å². The minimum Gasteiger partial charge on any atom is -0.505 e. The molecule has 32 heavy (non-hydrogen) atoms. The first-order valence-corrected chi connectivity index (χ1v) is 9.86. The van der Waals surface area contributed by atoms with Gasteiger partial charge in [-0.1, -0.05) is 55.1 Å². The number of rotatable bonds is 9. The predicted octanol–water partition coefficient (Wildman–Crippen LogP) is 3.66. The molecule has 4 N–H and O–H groups in total. The summed E-state index contributed by atoms with van der Waals surface area (Å²) >= 11 is 0. The van der Waals surface area contributed by atoms with Crippen LogP contribution in [0.1, 0.15) is 30.5 Å². The standard InChI is InChI=1S/C24H27N3O5/c1-5-7-17(15(2)3)12-16-8-6-9-18(13-16)19(14-21(29)30)25-24(32)26-22-20(28)10-11-27(4)23(22)31/h5-11,13,19,28H,1-2,12,14H2,3-4H3,(H,29,30)(H2,25,26,32)/b17-7-. The predicted molar refractivity (Wildman–Crippen MR) is 124 cm³/mol. The Bertz CT molecular complexity index is 1130. The number of amides is 2. The van der Waals surface area contributed by atoms with Gasteiger partial charge in [-0.15, -0.1) is 0 Å². The summed E-state index contributed by atoms with van der Waals surface area (Å²) < 4.78 is 1.20. The first kappa shape index (κ1) is 24.2. The highest BCUT2D eigenvalue weighted by Crippen LogP contribution is 2.22. The van der Waals surface area contributed by atoms with Crippen molar-refractivity contribution in [3.63, 3.8) is 0 Å². The van der Waals surface area contributed by atoms with Crippen LogP contribution < -0.4 is 16.2 Å². The van der Waals surface area contributed by atoms with E-state index in [1.165, 1.54) is 23.9 Å². The molecule has 1 aromatic heterocycles. The Morgan fingerprint density at radius 3 is 2.62 bits per heavy atom. The van der Waals surface area contributed by atoms with Crippen LogP contribution in [0, 0.1) is 0 Å². The van der Waals surface area contributed by atoms with E-state index in [-0.39, 0.29) is 17.9 Å². The molecule has 0 saturated carbocycles. The summed E-state index contributed by atoms with van der Waals surface area (Å²) in [6.45, 7) is 9.56. The highest BCUT2D eigenvalue weighted by Gasteiger charge is 2.20. The van der Waals surface area contributed by atoms with Crippen LogP contribution in [0.5, 0.6) is 5.75 Å². The molecular weight excluding hydrogens is 410 g/mol. The number of nitrogens with one attached hydrogen (secondary N) is 2. The van der Waals surface area contributed by atoms with Crippen LogP contribution in [0.15, 0.2) is 77.8 Å². The first-order chi connectivity index (χ1) is 15.1. The van der Waals surface area contributed by atoms with Crippen LogP contribution in [0.4, 0.5) is 10.5 Å². The number of hydrogen-bond donors (Lipinski definition) is 4. The molecule has 0 saturated heterocycles. The molecule has 1 atom stereocenters. The summed E-state index contributed by atoms with van der Waals surface area (Å²) in [6.07, 6.45) is 5.10. The fraction of sp³-hybridized carbons (Fsp3) is 0.208. The lowest BCUT2D eigenvalue weighted by molar-refractivity contribution is -0.137.